The molecule has 2 aliphatic heterocycles. The summed E-state index contributed by atoms with van der Waals surface area (Å²) in [6.45, 7) is 12.0. The number of nitrogens with one attached hydrogen (secondary N) is 1. The largest absolute Gasteiger partial charge is 0.438 e. The molecule has 1 N–H and O–H groups in total. The van der Waals surface area contributed by atoms with Crippen LogP contribution in [-0.2, 0) is 24.9 Å². The predicted molar refractivity (Wildman–Crippen MR) is 242 cm³/mol. The van der Waals surface area contributed by atoms with Crippen LogP contribution < -0.4 is 15.6 Å². The number of nitrogens with zero attached hydrogens (tertiary/aromatic N) is 10. The summed E-state index contributed by atoms with van der Waals surface area (Å²) in [7, 11) is 0. The first-order chi connectivity index (χ1) is 31.0. The molecule has 0 bridgehead atoms. The lowest BCUT2D eigenvalue weighted by Crippen LogP contribution is -2.39. The second-order valence-corrected chi connectivity index (χ2v) is 17.5. The highest BCUT2D eigenvalue weighted by molar-refractivity contribution is 6.06. The van der Waals surface area contributed by atoms with Crippen molar-refractivity contribution in [2.24, 2.45) is 5.92 Å². The summed E-state index contributed by atoms with van der Waals surface area (Å²) < 4.78 is 11.0. The number of benzene rings is 3. The Bertz CT molecular complexity index is 3190. The van der Waals surface area contributed by atoms with Crippen LogP contribution in [0.1, 0.15) is 70.2 Å². The van der Waals surface area contributed by atoms with E-state index in [2.05, 4.69) is 95.7 Å². The molecule has 11 rings (SSSR count). The maximum atomic E-state index is 15.4. The van der Waals surface area contributed by atoms with Gasteiger partial charge in [-0.15, -0.1) is 0 Å². The van der Waals surface area contributed by atoms with Crippen molar-refractivity contribution in [3.05, 3.63) is 153 Å². The lowest BCUT2D eigenvalue weighted by molar-refractivity contribution is 0.0721. The molecule has 8 aromatic rings. The number of imidazole rings is 1. The summed E-state index contributed by atoms with van der Waals surface area (Å²) in [5, 5.41) is 10.3. The molecule has 1 saturated carbocycles. The highest BCUT2D eigenvalue weighted by atomic mass is 16.5. The molecule has 3 aromatic carbocycles. The van der Waals surface area contributed by atoms with Crippen LogP contribution in [-0.4, -0.2) is 75.5 Å². The van der Waals surface area contributed by atoms with Gasteiger partial charge in [-0.2, -0.15) is 5.10 Å². The summed E-state index contributed by atoms with van der Waals surface area (Å²) in [5.74, 6) is 0.296. The molecule has 0 radical (unpaired) electrons. The van der Waals surface area contributed by atoms with E-state index in [9.17, 15) is 9.59 Å². The first kappa shape index (κ1) is 39.3. The van der Waals surface area contributed by atoms with Crippen molar-refractivity contribution >= 4 is 34.3 Å². The zero-order valence-corrected chi connectivity index (χ0v) is 36.4. The smallest absolute Gasteiger partial charge is 0.332 e. The number of H-pyrrole nitrogens is 1. The third-order valence-electron chi connectivity index (χ3n) is 13.5. The van der Waals surface area contributed by atoms with Crippen molar-refractivity contribution in [3.8, 4) is 22.5 Å². The maximum Gasteiger partial charge on any atom is 0.438 e. The molecule has 7 heterocycles. The van der Waals surface area contributed by atoms with Crippen LogP contribution in [0.25, 0.3) is 33.4 Å². The Labute approximate surface area is 368 Å². The molecule has 2 fully saturated rings. The quantitative estimate of drug-likeness (QED) is 0.155. The van der Waals surface area contributed by atoms with Gasteiger partial charge in [0.1, 0.15) is 17.1 Å². The number of urea groups is 1. The Morgan fingerprint density at radius 2 is 1.66 bits per heavy atom. The fourth-order valence-electron chi connectivity index (χ4n) is 10.2. The van der Waals surface area contributed by atoms with Crippen molar-refractivity contribution in [1.82, 2.24) is 43.9 Å². The highest BCUT2D eigenvalue weighted by Crippen LogP contribution is 2.56. The third kappa shape index (κ3) is 6.20. The number of carbonyl (C=O) groups is 2. The molecule has 0 spiro atoms. The molecule has 322 valence electrons. The number of rotatable bonds is 9. The molecule has 15 nitrogen and oxygen atoms in total. The fourth-order valence-corrected chi connectivity index (χ4v) is 10.2. The van der Waals surface area contributed by atoms with E-state index in [1.165, 1.54) is 0 Å². The zero-order valence-electron chi connectivity index (χ0n) is 36.4. The van der Waals surface area contributed by atoms with E-state index in [0.29, 0.717) is 49.8 Å². The van der Waals surface area contributed by atoms with E-state index in [1.54, 1.807) is 17.4 Å². The van der Waals surface area contributed by atoms with Crippen LogP contribution in [0.5, 0.6) is 0 Å². The van der Waals surface area contributed by atoms with Crippen molar-refractivity contribution in [3.63, 3.8) is 0 Å². The van der Waals surface area contributed by atoms with Crippen molar-refractivity contribution in [2.75, 3.05) is 29.4 Å². The van der Waals surface area contributed by atoms with E-state index >= 15 is 4.79 Å². The first-order valence-corrected chi connectivity index (χ1v) is 21.9. The molecule has 5 aromatic heterocycles. The van der Waals surface area contributed by atoms with E-state index in [4.69, 9.17) is 9.62 Å². The van der Waals surface area contributed by atoms with Gasteiger partial charge < -0.3 is 14.0 Å². The Balaban J connectivity index is 0.998. The zero-order chi connectivity index (χ0) is 44.0. The van der Waals surface area contributed by atoms with Crippen LogP contribution in [0.15, 0.2) is 107 Å². The van der Waals surface area contributed by atoms with Gasteiger partial charge in [0, 0.05) is 78.2 Å². The van der Waals surface area contributed by atoms with E-state index in [1.807, 2.05) is 67.8 Å². The van der Waals surface area contributed by atoms with Crippen LogP contribution in [0.2, 0.25) is 0 Å². The van der Waals surface area contributed by atoms with Gasteiger partial charge in [-0.05, 0) is 128 Å². The molecular weight excluding hydrogens is 807 g/mol. The monoisotopic (exact) mass is 853 g/mol. The second kappa shape index (κ2) is 14.8. The summed E-state index contributed by atoms with van der Waals surface area (Å²) in [6, 6.07) is 24.3. The van der Waals surface area contributed by atoms with Gasteiger partial charge in [0.25, 0.3) is 5.91 Å². The predicted octanol–water partition coefficient (Wildman–Crippen LogP) is 7.67. The number of fused-ring (bicyclic) bond motifs is 2. The third-order valence-corrected chi connectivity index (χ3v) is 13.5. The average Bonchev–Trinajstić information content (AvgIpc) is 3.99. The standard InChI is InChI=1S/C49H47N11O4/c1-6-40-32(5)38(13-15-51-40)33-7-12-42-34(24-33)25-43(59(42)49(26-31(49)4)46-52-47(62)64-54-46)45(61)55-17-14-41-39(27-55)44(60(53-41)37-22-29(2)21-30(3)23-37)58-20-19-57(48(58)63)36-10-8-35(9-11-36)56-18-16-50-28-56/h7-13,15-16,18,21-25,28,31H,6,14,17,19-20,26-27H2,1-5H3,(H,52,54,62)/t31-,49-/m0/s1. The van der Waals surface area contributed by atoms with E-state index in [0.717, 1.165) is 79.2 Å². The number of hydrogen-bond acceptors (Lipinski definition) is 8. The average molecular weight is 854 g/mol. The van der Waals surface area contributed by atoms with Gasteiger partial charge in [-0.3, -0.25) is 29.1 Å². The van der Waals surface area contributed by atoms with Crippen LogP contribution in [0.3, 0.4) is 0 Å². The number of aryl methyl sites for hydroxylation is 3. The minimum absolute atomic E-state index is 0.0476. The summed E-state index contributed by atoms with van der Waals surface area (Å²) in [6.07, 6.45) is 9.18. The fraction of sp³-hybridized carbons (Fsp3) is 0.286. The number of aromatic nitrogens is 8. The van der Waals surface area contributed by atoms with Crippen LogP contribution in [0.4, 0.5) is 16.3 Å². The number of amides is 3. The Hall–Kier alpha value is -7.55. The minimum atomic E-state index is -0.801. The van der Waals surface area contributed by atoms with Gasteiger partial charge in [-0.1, -0.05) is 31.1 Å². The van der Waals surface area contributed by atoms with E-state index < -0.39 is 11.3 Å². The highest BCUT2D eigenvalue weighted by Gasteiger charge is 2.59. The molecule has 15 heteroatoms. The molecule has 64 heavy (non-hydrogen) atoms. The lowest BCUT2D eigenvalue weighted by atomic mass is 9.98. The first-order valence-electron chi connectivity index (χ1n) is 21.9. The maximum absolute atomic E-state index is 15.4. The Morgan fingerprint density at radius 3 is 2.36 bits per heavy atom. The molecule has 3 amide bonds. The number of pyridine rings is 1. The van der Waals surface area contributed by atoms with Gasteiger partial charge in [-0.25, -0.2) is 19.3 Å². The Morgan fingerprint density at radius 1 is 0.891 bits per heavy atom. The molecule has 1 saturated heterocycles. The molecule has 2 atom stereocenters. The lowest BCUT2D eigenvalue weighted by Gasteiger charge is -2.30. The summed E-state index contributed by atoms with van der Waals surface area (Å²) in [4.78, 5) is 59.5. The van der Waals surface area contributed by atoms with Crippen molar-refractivity contribution in [2.45, 2.75) is 66.0 Å². The number of aromatic amines is 1. The van der Waals surface area contributed by atoms with Crippen LogP contribution >= 0.6 is 0 Å². The topological polar surface area (TPSA) is 156 Å². The molecule has 0 unspecified atom stereocenters. The Kier molecular flexibility index (Phi) is 9.08. The second-order valence-electron chi connectivity index (χ2n) is 17.5. The molecular formula is C49H47N11O4. The molecule has 1 aliphatic carbocycles. The number of hydrogen-bond donors (Lipinski definition) is 1. The van der Waals surface area contributed by atoms with Crippen molar-refractivity contribution < 1.29 is 14.1 Å². The van der Waals surface area contributed by atoms with Gasteiger partial charge in [0.15, 0.2) is 5.82 Å². The number of anilines is 2. The number of carbonyl (C=O) groups excluding carboxylic acids is 2. The minimum Gasteiger partial charge on any atom is -0.332 e. The van der Waals surface area contributed by atoms with Gasteiger partial charge in [0.05, 0.1) is 24.3 Å². The summed E-state index contributed by atoms with van der Waals surface area (Å²) >= 11 is 0. The van der Waals surface area contributed by atoms with Gasteiger partial charge >= 0.3 is 11.8 Å². The van der Waals surface area contributed by atoms with Gasteiger partial charge in [0.2, 0.25) is 0 Å². The SMILES string of the molecule is CCc1nccc(-c2ccc3c(c2)cc(C(=O)N2CCc4nn(-c5cc(C)cc(C)c5)c(N5CCN(c6ccc(-n7ccnc7)cc6)C5=O)c4C2)n3[C@@]2(c3noc(=O)[nH]3)C[C@@H]2C)c1C. The molecule has 3 aliphatic rings. The van der Waals surface area contributed by atoms with Crippen LogP contribution in [0, 0.1) is 26.7 Å². The summed E-state index contributed by atoms with van der Waals surface area (Å²) in [5.41, 5.74) is 11.2. The normalized spacial score (nSPS) is 18.4. The van der Waals surface area contributed by atoms with E-state index in [-0.39, 0.29) is 24.4 Å². The van der Waals surface area contributed by atoms with Crippen molar-refractivity contribution in [1.29, 1.82) is 0 Å².